The molecule has 1 aliphatic heterocycles. The number of halogens is 2. The van der Waals surface area contributed by atoms with Gasteiger partial charge in [0.05, 0.1) is 41.2 Å². The number of benzene rings is 1. The Kier molecular flexibility index (Phi) is 10.1. The Morgan fingerprint density at radius 3 is 2.62 bits per heavy atom. The maximum absolute atomic E-state index is 13.2. The second kappa shape index (κ2) is 14.4. The monoisotopic (exact) mass is 690 g/mol. The number of nitrogens with zero attached hydrogens (tertiary/aromatic N) is 5. The minimum absolute atomic E-state index is 0.0876. The summed E-state index contributed by atoms with van der Waals surface area (Å²) in [5, 5.41) is 24.4. The van der Waals surface area contributed by atoms with E-state index in [1.165, 1.54) is 9.08 Å². The fourth-order valence-corrected chi connectivity index (χ4v) is 6.43. The Hall–Kier alpha value is -4.33. The largest absolute Gasteiger partial charge is 0.481 e. The predicted molar refractivity (Wildman–Crippen MR) is 185 cm³/mol. The Morgan fingerprint density at radius 2 is 1.88 bits per heavy atom. The topological polar surface area (TPSA) is 148 Å². The summed E-state index contributed by atoms with van der Waals surface area (Å²) < 4.78 is 8.63. The van der Waals surface area contributed by atoms with Crippen LogP contribution in [0.1, 0.15) is 31.2 Å². The molecule has 12 nitrogen and oxygen atoms in total. The van der Waals surface area contributed by atoms with Crippen molar-refractivity contribution in [3.05, 3.63) is 86.6 Å². The maximum atomic E-state index is 13.2. The van der Waals surface area contributed by atoms with Crippen molar-refractivity contribution >= 4 is 34.6 Å². The molecule has 0 bridgehead atoms. The van der Waals surface area contributed by atoms with Gasteiger partial charge in [0.15, 0.2) is 0 Å². The van der Waals surface area contributed by atoms with E-state index in [9.17, 15) is 14.7 Å². The van der Waals surface area contributed by atoms with Crippen molar-refractivity contribution in [1.82, 2.24) is 40.1 Å². The van der Waals surface area contributed by atoms with E-state index < -0.39 is 6.10 Å². The molecule has 1 amide bonds. The first-order valence-electron chi connectivity index (χ1n) is 15.6. The number of ether oxygens (including phenoxy) is 1. The first-order chi connectivity index (χ1) is 23.1. The van der Waals surface area contributed by atoms with E-state index >= 15 is 0 Å². The molecule has 6 rings (SSSR count). The third kappa shape index (κ3) is 6.94. The molecule has 1 aromatic carbocycles. The number of carbonyl (C=O) groups excluding carboxylic acids is 1. The van der Waals surface area contributed by atoms with Gasteiger partial charge in [-0.3, -0.25) is 19.1 Å². The average Bonchev–Trinajstić information content (AvgIpc) is 3.69. The Labute approximate surface area is 287 Å². The lowest BCUT2D eigenvalue weighted by Crippen LogP contribution is -2.35. The third-order valence-electron chi connectivity index (χ3n) is 8.31. The highest BCUT2D eigenvalue weighted by atomic mass is 35.5. The summed E-state index contributed by atoms with van der Waals surface area (Å²) in [6.07, 6.45) is 4.24. The van der Waals surface area contributed by atoms with E-state index in [1.54, 1.807) is 45.6 Å². The van der Waals surface area contributed by atoms with Crippen molar-refractivity contribution < 1.29 is 14.6 Å². The van der Waals surface area contributed by atoms with Crippen molar-refractivity contribution in [3.63, 3.8) is 0 Å². The van der Waals surface area contributed by atoms with Crippen LogP contribution < -0.4 is 26.2 Å². The molecular weight excluding hydrogens is 655 g/mol. The van der Waals surface area contributed by atoms with Crippen LogP contribution in [0, 0.1) is 0 Å². The van der Waals surface area contributed by atoms with Crippen LogP contribution in [0.15, 0.2) is 59.7 Å². The van der Waals surface area contributed by atoms with E-state index in [0.717, 1.165) is 12.0 Å². The Bertz CT molecular complexity index is 2040. The fourth-order valence-electron chi connectivity index (χ4n) is 5.78. The molecule has 5 heterocycles. The number of aliphatic hydroxyl groups is 1. The molecule has 1 saturated heterocycles. The maximum Gasteiger partial charge on any atom is 0.277 e. The highest BCUT2D eigenvalue weighted by molar-refractivity contribution is 6.39. The van der Waals surface area contributed by atoms with Gasteiger partial charge in [0.2, 0.25) is 11.8 Å². The smallest absolute Gasteiger partial charge is 0.277 e. The molecule has 0 radical (unpaired) electrons. The Balaban J connectivity index is 1.28. The Morgan fingerprint density at radius 1 is 1.08 bits per heavy atom. The van der Waals surface area contributed by atoms with Crippen LogP contribution in [0.2, 0.25) is 10.0 Å². The van der Waals surface area contributed by atoms with Crippen molar-refractivity contribution in [3.8, 4) is 39.5 Å². The number of aliphatic hydroxyl groups excluding tert-OH is 1. The van der Waals surface area contributed by atoms with Gasteiger partial charge in [-0.1, -0.05) is 47.5 Å². The zero-order valence-electron chi connectivity index (χ0n) is 26.8. The first kappa shape index (κ1) is 33.6. The normalized spacial score (nSPS) is 15.2. The SMILES string of the molecule is COc1nc(-c2cccc(-c3ccnc(-c4cc5c(=O)n(C)c(CNC[C@H](C)O)nn5c4)c3Cl)c2Cl)ccc1CNC[C@H]1CCC(=O)N1. The number of fused-ring (bicyclic) bond motifs is 1. The van der Waals surface area contributed by atoms with Crippen LogP contribution in [-0.2, 0) is 24.9 Å². The van der Waals surface area contributed by atoms with E-state index in [0.29, 0.717) is 93.5 Å². The van der Waals surface area contributed by atoms with Crippen LogP contribution in [-0.4, -0.2) is 67.5 Å². The molecule has 48 heavy (non-hydrogen) atoms. The molecule has 0 saturated carbocycles. The molecule has 0 aliphatic carbocycles. The van der Waals surface area contributed by atoms with Gasteiger partial charge in [0.25, 0.3) is 5.56 Å². The van der Waals surface area contributed by atoms with Crippen LogP contribution in [0.5, 0.6) is 5.88 Å². The van der Waals surface area contributed by atoms with Gasteiger partial charge in [-0.25, -0.2) is 9.50 Å². The van der Waals surface area contributed by atoms with Gasteiger partial charge in [-0.05, 0) is 31.5 Å². The summed E-state index contributed by atoms with van der Waals surface area (Å²) >= 11 is 14.1. The van der Waals surface area contributed by atoms with Gasteiger partial charge < -0.3 is 25.8 Å². The lowest BCUT2D eigenvalue weighted by atomic mass is 10.00. The van der Waals surface area contributed by atoms with Crippen molar-refractivity contribution in [2.45, 2.75) is 45.0 Å². The van der Waals surface area contributed by atoms with Crippen LogP contribution in [0.25, 0.3) is 39.2 Å². The highest BCUT2D eigenvalue weighted by Gasteiger charge is 2.21. The first-order valence-corrected chi connectivity index (χ1v) is 16.3. The lowest BCUT2D eigenvalue weighted by Gasteiger charge is -2.15. The minimum Gasteiger partial charge on any atom is -0.481 e. The molecular formula is C34H36Cl2N8O4. The molecule has 2 atom stereocenters. The molecule has 0 unspecified atom stereocenters. The standard InChI is InChI=1S/C34H36Cl2N8O4/c1-19(45)14-37-17-28-42-44-18-21(13-27(44)34(47)43(28)2)32-31(36)24(11-12-39-32)23-5-4-6-25(30(23)35)26-9-7-20(33(41-26)48-3)15-38-16-22-8-10-29(46)40-22/h4-7,9,11-13,18-19,22,37-38,45H,8,10,14-17H2,1-3H3,(H,40,46)/t19-,22+/m0/s1. The summed E-state index contributed by atoms with van der Waals surface area (Å²) in [6, 6.07) is 13.2. The quantitative estimate of drug-likeness (QED) is 0.153. The summed E-state index contributed by atoms with van der Waals surface area (Å²) in [5.41, 5.74) is 4.83. The minimum atomic E-state index is -0.523. The number of rotatable bonds is 12. The molecule has 5 aromatic rings. The van der Waals surface area contributed by atoms with E-state index in [4.69, 9.17) is 32.9 Å². The average molecular weight is 692 g/mol. The van der Waals surface area contributed by atoms with Crippen molar-refractivity contribution in [2.75, 3.05) is 20.2 Å². The van der Waals surface area contributed by atoms with Crippen LogP contribution in [0.3, 0.4) is 0 Å². The summed E-state index contributed by atoms with van der Waals surface area (Å²) in [5.74, 6) is 1.08. The van der Waals surface area contributed by atoms with Gasteiger partial charge >= 0.3 is 0 Å². The summed E-state index contributed by atoms with van der Waals surface area (Å²) in [7, 11) is 3.24. The number of hydrogen-bond acceptors (Lipinski definition) is 9. The molecule has 1 aliphatic rings. The molecule has 0 spiro atoms. The fraction of sp³-hybridized carbons (Fsp3) is 0.324. The highest BCUT2D eigenvalue weighted by Crippen LogP contribution is 2.41. The van der Waals surface area contributed by atoms with E-state index in [-0.39, 0.29) is 17.5 Å². The molecule has 14 heteroatoms. The zero-order valence-corrected chi connectivity index (χ0v) is 28.3. The lowest BCUT2D eigenvalue weighted by molar-refractivity contribution is -0.119. The summed E-state index contributed by atoms with van der Waals surface area (Å²) in [6.45, 7) is 3.56. The second-order valence-electron chi connectivity index (χ2n) is 11.8. The number of aromatic nitrogens is 5. The number of hydrogen-bond donors (Lipinski definition) is 4. The molecule has 1 fully saturated rings. The van der Waals surface area contributed by atoms with Gasteiger partial charge in [-0.15, -0.1) is 0 Å². The van der Waals surface area contributed by atoms with Gasteiger partial charge in [-0.2, -0.15) is 5.10 Å². The van der Waals surface area contributed by atoms with E-state index in [1.807, 2.05) is 30.3 Å². The van der Waals surface area contributed by atoms with Crippen LogP contribution in [0.4, 0.5) is 0 Å². The number of nitrogens with one attached hydrogen (secondary N) is 3. The predicted octanol–water partition coefficient (Wildman–Crippen LogP) is 3.98. The molecule has 4 N–H and O–H groups in total. The van der Waals surface area contributed by atoms with Gasteiger partial charge in [0.1, 0.15) is 11.3 Å². The van der Waals surface area contributed by atoms with Gasteiger partial charge in [0, 0.05) is 79.4 Å². The molecule has 250 valence electrons. The van der Waals surface area contributed by atoms with Crippen LogP contribution >= 0.6 is 23.2 Å². The number of carbonyl (C=O) groups is 1. The molecule has 4 aromatic heterocycles. The van der Waals surface area contributed by atoms with Crippen molar-refractivity contribution in [1.29, 1.82) is 0 Å². The zero-order chi connectivity index (χ0) is 33.9. The second-order valence-corrected chi connectivity index (χ2v) is 12.6. The summed E-state index contributed by atoms with van der Waals surface area (Å²) in [4.78, 5) is 34.0. The number of methoxy groups -OCH3 is 1. The third-order valence-corrected chi connectivity index (χ3v) is 9.10. The number of amides is 1. The number of pyridine rings is 2. The van der Waals surface area contributed by atoms with E-state index in [2.05, 4.69) is 26.0 Å². The van der Waals surface area contributed by atoms with Crippen molar-refractivity contribution in [2.24, 2.45) is 7.05 Å².